The molecular weight excluding hydrogens is 252 g/mol. The van der Waals surface area contributed by atoms with Crippen LogP contribution in [0.4, 0.5) is 0 Å². The minimum absolute atomic E-state index is 0.603. The monoisotopic (exact) mass is 280 g/mol. The van der Waals surface area contributed by atoms with Crippen molar-refractivity contribution in [1.82, 2.24) is 20.4 Å². The van der Waals surface area contributed by atoms with Crippen molar-refractivity contribution < 1.29 is 4.74 Å². The van der Waals surface area contributed by atoms with Gasteiger partial charge in [0.15, 0.2) is 0 Å². The highest BCUT2D eigenvalue weighted by Gasteiger charge is 2.21. The molecule has 114 valence electrons. The molecule has 1 aromatic heterocycles. The Bertz CT molecular complexity index is 385. The van der Waals surface area contributed by atoms with Crippen LogP contribution in [0.3, 0.4) is 0 Å². The summed E-state index contributed by atoms with van der Waals surface area (Å²) in [5.41, 5.74) is 2.42. The Morgan fingerprint density at radius 3 is 2.75 bits per heavy atom. The van der Waals surface area contributed by atoms with Gasteiger partial charge in [-0.15, -0.1) is 0 Å². The second kappa shape index (κ2) is 7.76. The molecule has 0 aliphatic carbocycles. The highest BCUT2D eigenvalue weighted by molar-refractivity contribution is 5.13. The number of ether oxygens (including phenoxy) is 1. The highest BCUT2D eigenvalue weighted by atomic mass is 16.5. The molecule has 1 aliphatic heterocycles. The molecule has 2 heterocycles. The van der Waals surface area contributed by atoms with E-state index >= 15 is 0 Å². The van der Waals surface area contributed by atoms with Gasteiger partial charge >= 0.3 is 0 Å². The Morgan fingerprint density at radius 1 is 1.40 bits per heavy atom. The van der Waals surface area contributed by atoms with E-state index in [1.807, 2.05) is 6.20 Å². The third-order valence-electron chi connectivity index (χ3n) is 3.94. The molecule has 0 bridgehead atoms. The van der Waals surface area contributed by atoms with Gasteiger partial charge in [0.25, 0.3) is 0 Å². The number of hydrogen-bond acceptors (Lipinski definition) is 4. The van der Waals surface area contributed by atoms with Gasteiger partial charge in [0.2, 0.25) is 0 Å². The number of nitrogens with zero attached hydrogens (tertiary/aromatic N) is 2. The van der Waals surface area contributed by atoms with Crippen LogP contribution in [0, 0.1) is 12.8 Å². The second-order valence-corrected chi connectivity index (χ2v) is 6.08. The number of H-pyrrole nitrogens is 1. The Balaban J connectivity index is 1.82. The molecule has 20 heavy (non-hydrogen) atoms. The molecule has 1 atom stereocenters. The molecule has 0 aromatic carbocycles. The number of hydrogen-bond donors (Lipinski definition) is 2. The maximum atomic E-state index is 5.46. The van der Waals surface area contributed by atoms with E-state index in [9.17, 15) is 0 Å². The van der Waals surface area contributed by atoms with Gasteiger partial charge in [-0.1, -0.05) is 13.8 Å². The fourth-order valence-electron chi connectivity index (χ4n) is 2.78. The van der Waals surface area contributed by atoms with Gasteiger partial charge in [-0.05, 0) is 19.3 Å². The smallest absolute Gasteiger partial charge is 0.0594 e. The van der Waals surface area contributed by atoms with Crippen molar-refractivity contribution in [1.29, 1.82) is 0 Å². The lowest BCUT2D eigenvalue weighted by atomic mass is 10.0. The predicted molar refractivity (Wildman–Crippen MR) is 80.7 cm³/mol. The van der Waals surface area contributed by atoms with E-state index in [1.54, 1.807) is 0 Å². The van der Waals surface area contributed by atoms with Gasteiger partial charge in [-0.25, -0.2) is 0 Å². The lowest BCUT2D eigenvalue weighted by Gasteiger charge is -2.35. The molecule has 5 nitrogen and oxygen atoms in total. The zero-order valence-corrected chi connectivity index (χ0v) is 13.0. The summed E-state index contributed by atoms with van der Waals surface area (Å²) in [5, 5.41) is 10.6. The maximum Gasteiger partial charge on any atom is 0.0594 e. The third-order valence-corrected chi connectivity index (χ3v) is 3.94. The highest BCUT2D eigenvalue weighted by Crippen LogP contribution is 2.13. The number of nitrogens with one attached hydrogen (secondary N) is 2. The lowest BCUT2D eigenvalue weighted by Crippen LogP contribution is -2.48. The molecular formula is C15H28N4O. The summed E-state index contributed by atoms with van der Waals surface area (Å²) in [6.07, 6.45) is 3.14. The predicted octanol–water partition coefficient (Wildman–Crippen LogP) is 1.55. The van der Waals surface area contributed by atoms with Crippen LogP contribution in [0.5, 0.6) is 0 Å². The van der Waals surface area contributed by atoms with Crippen LogP contribution in [0.2, 0.25) is 0 Å². The first-order chi connectivity index (χ1) is 9.66. The van der Waals surface area contributed by atoms with E-state index in [0.29, 0.717) is 6.04 Å². The van der Waals surface area contributed by atoms with E-state index in [1.165, 1.54) is 12.0 Å². The SMILES string of the molecule is Cc1[nH]ncc1CNCC(CC(C)C)N1CCOCC1. The number of morpholine rings is 1. The first-order valence-corrected chi connectivity index (χ1v) is 7.68. The zero-order valence-electron chi connectivity index (χ0n) is 13.0. The molecule has 0 spiro atoms. The minimum atomic E-state index is 0.603. The van der Waals surface area contributed by atoms with E-state index < -0.39 is 0 Å². The quantitative estimate of drug-likeness (QED) is 0.796. The van der Waals surface area contributed by atoms with Crippen molar-refractivity contribution in [2.75, 3.05) is 32.8 Å². The van der Waals surface area contributed by atoms with E-state index in [-0.39, 0.29) is 0 Å². The van der Waals surface area contributed by atoms with Gasteiger partial charge in [0.05, 0.1) is 19.4 Å². The molecule has 1 saturated heterocycles. The van der Waals surface area contributed by atoms with Gasteiger partial charge in [-0.3, -0.25) is 10.00 Å². The first-order valence-electron chi connectivity index (χ1n) is 7.68. The largest absolute Gasteiger partial charge is 0.379 e. The number of aromatic amines is 1. The van der Waals surface area contributed by atoms with Crippen molar-refractivity contribution >= 4 is 0 Å². The van der Waals surface area contributed by atoms with Crippen LogP contribution in [-0.4, -0.2) is 54.0 Å². The molecule has 0 saturated carbocycles. The molecule has 1 aliphatic rings. The minimum Gasteiger partial charge on any atom is -0.379 e. The van der Waals surface area contributed by atoms with Crippen molar-refractivity contribution in [3.05, 3.63) is 17.5 Å². The van der Waals surface area contributed by atoms with Gasteiger partial charge in [0, 0.05) is 43.5 Å². The summed E-state index contributed by atoms with van der Waals surface area (Å²) in [7, 11) is 0. The molecule has 0 amide bonds. The number of aryl methyl sites for hydroxylation is 1. The Hall–Kier alpha value is -0.910. The molecule has 5 heteroatoms. The fourth-order valence-corrected chi connectivity index (χ4v) is 2.78. The molecule has 2 N–H and O–H groups in total. The van der Waals surface area contributed by atoms with Gasteiger partial charge in [-0.2, -0.15) is 5.10 Å². The molecule has 1 aromatic rings. The summed E-state index contributed by atoms with van der Waals surface area (Å²) < 4.78 is 5.46. The molecule has 1 unspecified atom stereocenters. The first kappa shape index (κ1) is 15.5. The van der Waals surface area contributed by atoms with Crippen molar-refractivity contribution in [2.24, 2.45) is 5.92 Å². The van der Waals surface area contributed by atoms with Crippen molar-refractivity contribution in [3.8, 4) is 0 Å². The number of rotatable bonds is 7. The van der Waals surface area contributed by atoms with Crippen LogP contribution < -0.4 is 5.32 Å². The third kappa shape index (κ3) is 4.58. The summed E-state index contributed by atoms with van der Waals surface area (Å²) in [5.74, 6) is 0.723. The lowest BCUT2D eigenvalue weighted by molar-refractivity contribution is 0.0123. The standard InChI is InChI=1S/C15H28N4O/c1-12(2)8-15(19-4-6-20-7-5-19)11-16-9-14-10-17-18-13(14)3/h10,12,15-16H,4-9,11H2,1-3H3,(H,17,18). The maximum absolute atomic E-state index is 5.46. The Kier molecular flexibility index (Phi) is 6.01. The van der Waals surface area contributed by atoms with E-state index in [4.69, 9.17) is 4.74 Å². The molecule has 1 fully saturated rings. The molecule has 0 radical (unpaired) electrons. The van der Waals surface area contributed by atoms with Gasteiger partial charge < -0.3 is 10.1 Å². The average molecular weight is 280 g/mol. The van der Waals surface area contributed by atoms with Crippen LogP contribution in [-0.2, 0) is 11.3 Å². The molecule has 2 rings (SSSR count). The van der Waals surface area contributed by atoms with Crippen molar-refractivity contribution in [3.63, 3.8) is 0 Å². The summed E-state index contributed by atoms with van der Waals surface area (Å²) >= 11 is 0. The van der Waals surface area contributed by atoms with Crippen LogP contribution in [0.15, 0.2) is 6.20 Å². The Morgan fingerprint density at radius 2 is 2.15 bits per heavy atom. The van der Waals surface area contributed by atoms with E-state index in [2.05, 4.69) is 41.2 Å². The van der Waals surface area contributed by atoms with Crippen LogP contribution in [0.25, 0.3) is 0 Å². The zero-order chi connectivity index (χ0) is 14.4. The van der Waals surface area contributed by atoms with E-state index in [0.717, 1.165) is 51.0 Å². The topological polar surface area (TPSA) is 53.2 Å². The summed E-state index contributed by atoms with van der Waals surface area (Å²) in [4.78, 5) is 2.57. The summed E-state index contributed by atoms with van der Waals surface area (Å²) in [6, 6.07) is 0.603. The average Bonchev–Trinajstić information content (AvgIpc) is 2.84. The van der Waals surface area contributed by atoms with Crippen LogP contribution >= 0.6 is 0 Å². The van der Waals surface area contributed by atoms with Gasteiger partial charge in [0.1, 0.15) is 0 Å². The van der Waals surface area contributed by atoms with Crippen LogP contribution in [0.1, 0.15) is 31.5 Å². The number of aromatic nitrogens is 2. The normalized spacial score (nSPS) is 18.6. The summed E-state index contributed by atoms with van der Waals surface area (Å²) in [6.45, 7) is 12.4. The fraction of sp³-hybridized carbons (Fsp3) is 0.800. The Labute approximate surface area is 122 Å². The second-order valence-electron chi connectivity index (χ2n) is 6.08. The van der Waals surface area contributed by atoms with Crippen molar-refractivity contribution in [2.45, 2.75) is 39.8 Å².